The van der Waals surface area contributed by atoms with Crippen LogP contribution in [0.15, 0.2) is 10.5 Å². The lowest BCUT2D eigenvalue weighted by molar-refractivity contribution is -0.125. The van der Waals surface area contributed by atoms with Crippen LogP contribution in [-0.4, -0.2) is 77.3 Å². The molecule has 2 fully saturated rings. The summed E-state index contributed by atoms with van der Waals surface area (Å²) < 4.78 is 26.8. The molecule has 2 saturated heterocycles. The third-order valence-corrected chi connectivity index (χ3v) is 8.09. The molecule has 5 rings (SSSR count). The largest absolute Gasteiger partial charge is 0.475 e. The number of carbonyl (C=O) groups is 2. The predicted molar refractivity (Wildman–Crippen MR) is 143 cm³/mol. The zero-order valence-electron chi connectivity index (χ0n) is 21.0. The summed E-state index contributed by atoms with van der Waals surface area (Å²) in [5.74, 6) is -0.819. The highest BCUT2D eigenvalue weighted by atomic mass is 79.9. The molecule has 1 aromatic heterocycles. The first-order valence-electron chi connectivity index (χ1n) is 12.4. The van der Waals surface area contributed by atoms with Gasteiger partial charge in [0, 0.05) is 11.9 Å². The number of halogens is 3. The van der Waals surface area contributed by atoms with Crippen molar-refractivity contribution in [3.63, 3.8) is 0 Å². The molecule has 37 heavy (non-hydrogen) atoms. The number of anilines is 2. The summed E-state index contributed by atoms with van der Waals surface area (Å²) in [7, 11) is 0. The van der Waals surface area contributed by atoms with E-state index in [-0.39, 0.29) is 39.9 Å². The quantitative estimate of drug-likeness (QED) is 0.478. The number of hydrogen-bond donors (Lipinski definition) is 2. The Morgan fingerprint density at radius 1 is 1.24 bits per heavy atom. The van der Waals surface area contributed by atoms with Gasteiger partial charge in [0.2, 0.25) is 5.88 Å². The number of pyridine rings is 1. The van der Waals surface area contributed by atoms with Gasteiger partial charge < -0.3 is 25.0 Å². The number of hydrogen-bond acceptors (Lipinski definition) is 7. The van der Waals surface area contributed by atoms with Gasteiger partial charge in [0.25, 0.3) is 5.91 Å². The maximum absolute atomic E-state index is 15.3. The fraction of sp³-hybridized carbons (Fsp3) is 0.560. The molecule has 2 amide bonds. The minimum atomic E-state index is -1.10. The number of amides is 2. The zero-order chi connectivity index (χ0) is 26.5. The number of aromatic nitrogens is 1. The lowest BCUT2D eigenvalue weighted by Crippen LogP contribution is -2.73. The Hall–Kier alpha value is -2.37. The predicted octanol–water partition coefficient (Wildman–Crippen LogP) is 5.01. The maximum Gasteiger partial charge on any atom is 0.410 e. The standard InChI is InChI=1S/C25H30BrClFN5O4/c1-24(2,3)37-23(35)33-12-25(13-33)22(34)30-20-19(31-25)14-11-15(27)16(26)17(28)18(14)29-21(20)36-10-9-32-7-5-4-6-8-32/h11,31H,4-10,12-13H2,1-3H3,(H,30,34). The summed E-state index contributed by atoms with van der Waals surface area (Å²) in [6, 6.07) is 1.59. The summed E-state index contributed by atoms with van der Waals surface area (Å²) in [6.07, 6.45) is 3.05. The van der Waals surface area contributed by atoms with E-state index in [1.807, 2.05) is 0 Å². The number of nitrogens with zero attached hydrogens (tertiary/aromatic N) is 3. The summed E-state index contributed by atoms with van der Waals surface area (Å²) in [6.45, 7) is 8.61. The van der Waals surface area contributed by atoms with E-state index in [4.69, 9.17) is 21.1 Å². The van der Waals surface area contributed by atoms with Crippen LogP contribution in [-0.2, 0) is 9.53 Å². The Kier molecular flexibility index (Phi) is 6.91. The van der Waals surface area contributed by atoms with E-state index in [2.05, 4.69) is 36.4 Å². The molecule has 3 aliphatic heterocycles. The van der Waals surface area contributed by atoms with Crippen LogP contribution >= 0.6 is 27.5 Å². The van der Waals surface area contributed by atoms with Gasteiger partial charge in [-0.25, -0.2) is 14.2 Å². The normalized spacial score (nSPS) is 19.2. The van der Waals surface area contributed by atoms with Crippen molar-refractivity contribution in [2.45, 2.75) is 51.2 Å². The molecule has 0 unspecified atom stereocenters. The zero-order valence-corrected chi connectivity index (χ0v) is 23.4. The number of carbonyl (C=O) groups excluding carboxylic acids is 2. The van der Waals surface area contributed by atoms with Crippen molar-refractivity contribution in [2.75, 3.05) is 50.0 Å². The topological polar surface area (TPSA) is 96.0 Å². The highest BCUT2D eigenvalue weighted by molar-refractivity contribution is 9.10. The van der Waals surface area contributed by atoms with E-state index in [1.54, 1.807) is 26.8 Å². The minimum absolute atomic E-state index is 0.0603. The van der Waals surface area contributed by atoms with Crippen molar-refractivity contribution in [2.24, 2.45) is 0 Å². The number of piperidine rings is 1. The molecule has 2 N–H and O–H groups in total. The molecule has 2 aromatic rings. The Balaban J connectivity index is 1.45. The molecule has 0 atom stereocenters. The van der Waals surface area contributed by atoms with Gasteiger partial charge >= 0.3 is 6.09 Å². The smallest absolute Gasteiger partial charge is 0.410 e. The van der Waals surface area contributed by atoms with Crippen LogP contribution in [0, 0.1) is 5.82 Å². The van der Waals surface area contributed by atoms with E-state index in [1.165, 1.54) is 11.3 Å². The van der Waals surface area contributed by atoms with Crippen LogP contribution in [0.1, 0.15) is 40.0 Å². The molecule has 0 aliphatic carbocycles. The van der Waals surface area contributed by atoms with Crippen LogP contribution in [0.5, 0.6) is 5.88 Å². The molecule has 1 spiro atoms. The Labute approximate surface area is 228 Å². The molecule has 12 heteroatoms. The summed E-state index contributed by atoms with van der Waals surface area (Å²) >= 11 is 9.47. The van der Waals surface area contributed by atoms with Crippen LogP contribution in [0.2, 0.25) is 5.02 Å². The van der Waals surface area contributed by atoms with Gasteiger partial charge in [0.05, 0.1) is 28.3 Å². The van der Waals surface area contributed by atoms with Crippen molar-refractivity contribution in [1.82, 2.24) is 14.8 Å². The molecule has 0 bridgehead atoms. The first-order chi connectivity index (χ1) is 17.5. The van der Waals surface area contributed by atoms with Crippen molar-refractivity contribution in [1.29, 1.82) is 0 Å². The van der Waals surface area contributed by atoms with E-state index < -0.39 is 23.1 Å². The second kappa shape index (κ2) is 9.74. The molecule has 4 heterocycles. The van der Waals surface area contributed by atoms with Crippen molar-refractivity contribution >= 4 is 61.8 Å². The Morgan fingerprint density at radius 3 is 2.62 bits per heavy atom. The van der Waals surface area contributed by atoms with Crippen molar-refractivity contribution in [3.8, 4) is 5.88 Å². The van der Waals surface area contributed by atoms with Gasteiger partial charge in [0.1, 0.15) is 23.4 Å². The highest BCUT2D eigenvalue weighted by Gasteiger charge is 2.55. The molecule has 0 saturated carbocycles. The van der Waals surface area contributed by atoms with Gasteiger partial charge in [-0.3, -0.25) is 9.69 Å². The number of benzene rings is 1. The molecular weight excluding hydrogens is 569 g/mol. The first kappa shape index (κ1) is 26.2. The highest BCUT2D eigenvalue weighted by Crippen LogP contribution is 2.46. The number of likely N-dealkylation sites (tertiary alicyclic amines) is 2. The molecule has 9 nitrogen and oxygen atoms in total. The number of rotatable bonds is 4. The monoisotopic (exact) mass is 597 g/mol. The van der Waals surface area contributed by atoms with E-state index in [0.29, 0.717) is 29.9 Å². The summed E-state index contributed by atoms with van der Waals surface area (Å²) in [5, 5.41) is 6.75. The third-order valence-electron chi connectivity index (χ3n) is 6.79. The van der Waals surface area contributed by atoms with Gasteiger partial charge in [-0.05, 0) is 68.7 Å². The van der Waals surface area contributed by atoms with E-state index >= 15 is 4.39 Å². The second-order valence-corrected chi connectivity index (χ2v) is 12.0. The Morgan fingerprint density at radius 2 is 1.95 bits per heavy atom. The lowest BCUT2D eigenvalue weighted by atomic mass is 9.86. The fourth-order valence-corrected chi connectivity index (χ4v) is 5.40. The number of fused-ring (bicyclic) bond motifs is 3. The average molecular weight is 599 g/mol. The second-order valence-electron chi connectivity index (χ2n) is 10.8. The molecular formula is C25H30BrClFN5O4. The van der Waals surface area contributed by atoms with Crippen molar-refractivity contribution < 1.29 is 23.5 Å². The lowest BCUT2D eigenvalue weighted by Gasteiger charge is -2.51. The molecule has 0 radical (unpaired) electrons. The van der Waals surface area contributed by atoms with Crippen molar-refractivity contribution in [3.05, 3.63) is 21.4 Å². The van der Waals surface area contributed by atoms with E-state index in [0.717, 1.165) is 25.9 Å². The van der Waals surface area contributed by atoms with Gasteiger partial charge in [0.15, 0.2) is 11.4 Å². The number of ether oxygens (including phenoxy) is 2. The molecule has 1 aromatic carbocycles. The average Bonchev–Trinajstić information content (AvgIpc) is 2.81. The Bertz CT molecular complexity index is 1260. The molecule has 3 aliphatic rings. The first-order valence-corrected chi connectivity index (χ1v) is 13.6. The summed E-state index contributed by atoms with van der Waals surface area (Å²) in [4.78, 5) is 34.0. The SMILES string of the molecule is CC(C)(C)OC(=O)N1CC2(C1)Nc1c(c(OCCN3CCCCC3)nc3c(F)c(Br)c(Cl)cc13)NC2=O. The van der Waals surface area contributed by atoms with Gasteiger partial charge in [-0.15, -0.1) is 0 Å². The summed E-state index contributed by atoms with van der Waals surface area (Å²) in [5.41, 5.74) is -0.909. The molecule has 200 valence electrons. The maximum atomic E-state index is 15.3. The van der Waals surface area contributed by atoms with Gasteiger partial charge in [-0.2, -0.15) is 0 Å². The fourth-order valence-electron chi connectivity index (χ4n) is 4.90. The van der Waals surface area contributed by atoms with E-state index in [9.17, 15) is 9.59 Å². The van der Waals surface area contributed by atoms with Crippen LogP contribution in [0.25, 0.3) is 10.9 Å². The third kappa shape index (κ3) is 5.05. The van der Waals surface area contributed by atoms with Crippen LogP contribution in [0.3, 0.4) is 0 Å². The van der Waals surface area contributed by atoms with Crippen LogP contribution < -0.4 is 15.4 Å². The van der Waals surface area contributed by atoms with Crippen LogP contribution in [0.4, 0.5) is 20.6 Å². The number of nitrogens with one attached hydrogen (secondary N) is 2. The van der Waals surface area contributed by atoms with Gasteiger partial charge in [-0.1, -0.05) is 18.0 Å². The minimum Gasteiger partial charge on any atom is -0.475 e.